The maximum atomic E-state index is 11.6. The molecule has 6 unspecified atom stereocenters. The van der Waals surface area contributed by atoms with Gasteiger partial charge in [0.15, 0.2) is 0 Å². The van der Waals surface area contributed by atoms with E-state index >= 15 is 0 Å². The van der Waals surface area contributed by atoms with Gasteiger partial charge in [0.2, 0.25) is 0 Å². The van der Waals surface area contributed by atoms with E-state index in [9.17, 15) is 25.2 Å². The number of pyridine rings is 6. The van der Waals surface area contributed by atoms with Gasteiger partial charge in [0.25, 0.3) is 0 Å². The van der Waals surface area contributed by atoms with Gasteiger partial charge in [0.05, 0.1) is 37.4 Å². The third-order valence-corrected chi connectivity index (χ3v) is 24.4. The summed E-state index contributed by atoms with van der Waals surface area (Å²) in [7, 11) is 2.21. The van der Waals surface area contributed by atoms with Crippen LogP contribution in [-0.4, -0.2) is 147 Å². The minimum Gasteiger partial charge on any atom is -0.478 e. The van der Waals surface area contributed by atoms with E-state index in [1.807, 2.05) is 56.7 Å². The molecule has 0 bridgehead atoms. The zero-order chi connectivity index (χ0) is 74.7. The largest absolute Gasteiger partial charge is 0.478 e. The molecule has 10 aromatic heterocycles. The van der Waals surface area contributed by atoms with Crippen LogP contribution >= 0.6 is 0 Å². The normalized spacial score (nSPS) is 20.0. The highest BCUT2D eigenvalue weighted by Gasteiger charge is 2.41. The highest BCUT2D eigenvalue weighted by molar-refractivity contribution is 5.90. The van der Waals surface area contributed by atoms with Crippen LogP contribution in [0.15, 0.2) is 153 Å². The van der Waals surface area contributed by atoms with Gasteiger partial charge in [0, 0.05) is 204 Å². The number of aryl methyl sites for hydroxylation is 6. The maximum absolute atomic E-state index is 11.6. The number of nitrogens with zero attached hydrogens (tertiary/aromatic N) is 14. The Morgan fingerprint density at radius 1 is 0.565 bits per heavy atom. The molecule has 0 amide bonds. The Labute approximate surface area is 633 Å². The lowest BCUT2D eigenvalue weighted by Crippen LogP contribution is -2.41. The highest BCUT2D eigenvalue weighted by Crippen LogP contribution is 2.48. The van der Waals surface area contributed by atoms with Crippen molar-refractivity contribution >= 4 is 49.8 Å². The van der Waals surface area contributed by atoms with E-state index in [-0.39, 0.29) is 11.0 Å². The van der Waals surface area contributed by atoms with Crippen molar-refractivity contribution < 1.29 is 25.2 Å². The molecule has 19 rings (SSSR count). The molecule has 0 aliphatic carbocycles. The molecule has 0 radical (unpaired) electrons. The van der Waals surface area contributed by atoms with E-state index < -0.39 is 23.8 Å². The monoisotopic (exact) mass is 1450 g/mol. The topological polar surface area (TPSA) is 208 Å². The molecule has 12 aromatic rings. The van der Waals surface area contributed by atoms with Crippen molar-refractivity contribution in [2.24, 2.45) is 0 Å². The van der Waals surface area contributed by atoms with Crippen molar-refractivity contribution in [2.45, 2.75) is 193 Å². The second-order valence-corrected chi connectivity index (χ2v) is 32.6. The van der Waals surface area contributed by atoms with Crippen molar-refractivity contribution in [2.75, 3.05) is 52.9 Å². The number of hydrogen-bond donors (Lipinski definition) is 4. The van der Waals surface area contributed by atoms with Gasteiger partial charge in [0.1, 0.15) is 16.9 Å². The summed E-state index contributed by atoms with van der Waals surface area (Å²) in [6, 6.07) is 34.9. The number of carbonyl (C=O) groups is 1. The van der Waals surface area contributed by atoms with Crippen LogP contribution in [0.5, 0.6) is 0 Å². The van der Waals surface area contributed by atoms with E-state index in [4.69, 9.17) is 9.97 Å². The predicted octanol–water partition coefficient (Wildman–Crippen LogP) is 14.7. The van der Waals surface area contributed by atoms with Crippen LogP contribution in [-0.2, 0) is 69.4 Å². The first-order valence-corrected chi connectivity index (χ1v) is 39.3. The fourth-order valence-corrected chi connectivity index (χ4v) is 19.6. The molecule has 7 aliphatic rings. The average molecular weight is 1450 g/mol. The van der Waals surface area contributed by atoms with Gasteiger partial charge in [-0.1, -0.05) is 55.7 Å². The Morgan fingerprint density at radius 3 is 1.78 bits per heavy atom. The van der Waals surface area contributed by atoms with Crippen LogP contribution in [0.3, 0.4) is 0 Å². The molecule has 0 saturated carbocycles. The Balaban J connectivity index is 0.000000110. The molecule has 2 aromatic carbocycles. The number of carboxylic acids is 1. The fraction of sp³-hybridized carbons (Fsp3) is 0.427. The second-order valence-electron chi connectivity index (χ2n) is 32.6. The lowest BCUT2D eigenvalue weighted by atomic mass is 9.82. The number of aromatic carboxylic acids is 1. The molecular formula is C89H104N14O5. The van der Waals surface area contributed by atoms with Gasteiger partial charge < -0.3 is 43.6 Å². The zero-order valence-corrected chi connectivity index (χ0v) is 64.0. The molecule has 17 heterocycles. The number of hydrogen-bond acceptors (Lipinski definition) is 14. The van der Waals surface area contributed by atoms with E-state index in [0.717, 1.165) is 105 Å². The number of rotatable bonds is 13. The van der Waals surface area contributed by atoms with Crippen molar-refractivity contribution in [3.8, 4) is 0 Å². The van der Waals surface area contributed by atoms with Crippen LogP contribution in [0.1, 0.15) is 196 Å². The van der Waals surface area contributed by atoms with E-state index in [1.165, 1.54) is 165 Å². The van der Waals surface area contributed by atoms with Crippen molar-refractivity contribution in [3.05, 3.63) is 248 Å². The van der Waals surface area contributed by atoms with E-state index in [2.05, 4.69) is 166 Å². The Morgan fingerprint density at radius 2 is 1.15 bits per heavy atom. The molecule has 3 saturated heterocycles. The number of aliphatic hydroxyl groups is 3. The Bertz CT molecular complexity index is 5270. The van der Waals surface area contributed by atoms with Crippen LogP contribution in [0.2, 0.25) is 0 Å². The molecule has 7 aliphatic heterocycles. The Kier molecular flexibility index (Phi) is 20.4. The number of aromatic nitrogens is 10. The summed E-state index contributed by atoms with van der Waals surface area (Å²) in [4.78, 5) is 48.0. The van der Waals surface area contributed by atoms with Gasteiger partial charge in [-0.3, -0.25) is 34.6 Å². The number of benzene rings is 2. The quantitative estimate of drug-likeness (QED) is 0.0847. The third kappa shape index (κ3) is 14.1. The first-order valence-electron chi connectivity index (χ1n) is 39.3. The summed E-state index contributed by atoms with van der Waals surface area (Å²) >= 11 is 0. The minimum absolute atomic E-state index is 0.0585. The van der Waals surface area contributed by atoms with Gasteiger partial charge in [-0.2, -0.15) is 0 Å². The molecular weight excluding hydrogens is 1350 g/mol. The summed E-state index contributed by atoms with van der Waals surface area (Å²) < 4.78 is 9.34. The number of fused-ring (bicyclic) bond motifs is 18. The maximum Gasteiger partial charge on any atom is 0.337 e. The SMILES string of the molecule is Cc1ccc(CCn2c3c(c4cccnc42)CN(C)CC3(C)C)cn1.Cc1ccc2c(c1)c1c(n2CC(O)c2ccncc2)CCN2CCCCC12.Cc1ccc2c(c1)c1c(n2CC(O)c2ccncc2C(=O)O)CCN2CCCC12.Cc1cnc2c(c1)c1c(n2CC(C)(O)c2cccnc2)CCN2CCCC12. The summed E-state index contributed by atoms with van der Waals surface area (Å²) in [5.74, 6) is -1.07. The predicted molar refractivity (Wildman–Crippen MR) is 425 cm³/mol. The molecule has 4 N–H and O–H groups in total. The number of carboxylic acid groups (broad SMARTS) is 1. The van der Waals surface area contributed by atoms with Crippen LogP contribution in [0.25, 0.3) is 43.9 Å². The first-order chi connectivity index (χ1) is 52.3. The lowest BCUT2D eigenvalue weighted by molar-refractivity contribution is 0.0378. The van der Waals surface area contributed by atoms with Gasteiger partial charge in [-0.25, -0.2) is 14.8 Å². The fourth-order valence-electron chi connectivity index (χ4n) is 19.6. The van der Waals surface area contributed by atoms with Gasteiger partial charge >= 0.3 is 5.97 Å². The number of aliphatic hydroxyl groups excluding tert-OH is 2. The Hall–Kier alpha value is -9.31. The second kappa shape index (κ2) is 30.3. The summed E-state index contributed by atoms with van der Waals surface area (Å²) in [6.07, 6.45) is 27.1. The highest BCUT2D eigenvalue weighted by atomic mass is 16.4. The van der Waals surface area contributed by atoms with Crippen molar-refractivity contribution in [1.82, 2.24) is 67.8 Å². The van der Waals surface area contributed by atoms with Crippen LogP contribution in [0.4, 0.5) is 0 Å². The molecule has 19 heteroatoms. The summed E-state index contributed by atoms with van der Waals surface area (Å²) in [5.41, 5.74) is 23.3. The molecule has 560 valence electrons. The molecule has 108 heavy (non-hydrogen) atoms. The average Bonchev–Trinajstić information content (AvgIpc) is 1.60. The van der Waals surface area contributed by atoms with Crippen molar-refractivity contribution in [3.63, 3.8) is 0 Å². The number of likely N-dealkylation sites (N-methyl/N-ethyl adjacent to an activating group) is 1. The van der Waals surface area contributed by atoms with Crippen LogP contribution in [0, 0.1) is 27.7 Å². The minimum atomic E-state index is -1.07. The van der Waals surface area contributed by atoms with E-state index in [1.54, 1.807) is 30.9 Å². The molecule has 3 fully saturated rings. The molecule has 19 nitrogen and oxygen atoms in total. The van der Waals surface area contributed by atoms with E-state index in [0.29, 0.717) is 43.3 Å². The third-order valence-electron chi connectivity index (χ3n) is 24.4. The summed E-state index contributed by atoms with van der Waals surface area (Å²) in [6.45, 7) is 26.3. The zero-order valence-electron chi connectivity index (χ0n) is 64.0. The molecule has 6 atom stereocenters. The standard InChI is InChI=1S/C23H25N3O3.C23H27N3O.C22H26N4O.C21H26N4/c1-14-4-5-18-16(11-14)22-19-3-2-9-25(19)10-7-20(22)26(18)13-21(27)15-6-8-24-12-17(15)23(28)29;1-16-5-6-19-18(14-16)23-20-4-2-3-12-25(20)13-9-21(23)26(19)15-22(27)17-7-10-24-11-8-17;1-15-11-17-20-18-6-4-9-25(18)10-7-19(20)26(21(17)24-12-15)14-22(2,27)16-5-3-8-23-13-16;1-15-7-8-16(12-23-15)9-11-25-19-18(13-24(4)14-21(19,2)3)17-6-5-10-22-20(17)25/h4-6,8,11-12,19,21,27H,2-3,7,9-10,13H2,1H3,(H,28,29);5-8,10-11,14,20,22,27H,2-4,9,12-13,15H2,1H3;3,5,8,11-13,18,27H,4,6-7,9-10,14H2,1-2H3;5-8,10,12H,9,11,13-14H2,1-4H3. The van der Waals surface area contributed by atoms with Crippen LogP contribution < -0.4 is 0 Å². The molecule has 0 spiro atoms. The van der Waals surface area contributed by atoms with Crippen molar-refractivity contribution in [1.29, 1.82) is 0 Å². The number of piperidine rings is 1. The van der Waals surface area contributed by atoms with Gasteiger partial charge in [-0.15, -0.1) is 0 Å². The first kappa shape index (κ1) is 72.9. The lowest BCUT2D eigenvalue weighted by Gasteiger charge is -2.40. The smallest absolute Gasteiger partial charge is 0.337 e. The summed E-state index contributed by atoms with van der Waals surface area (Å²) in [5, 5.41) is 47.9. The van der Waals surface area contributed by atoms with Gasteiger partial charge in [-0.05, 0) is 224 Å².